The maximum atomic E-state index is 13.0. The fraction of sp³-hybridized carbons (Fsp3) is 0. The molecular formula is C7H5F2N3. The van der Waals surface area contributed by atoms with E-state index in [1.54, 1.807) is 0 Å². The van der Waals surface area contributed by atoms with Crippen LogP contribution in [0.2, 0.25) is 0 Å². The second-order valence-electron chi connectivity index (χ2n) is 2.38. The summed E-state index contributed by atoms with van der Waals surface area (Å²) < 4.78 is 26.6. The number of fused-ring (bicyclic) bond motifs is 1. The Morgan fingerprint density at radius 1 is 1.33 bits per heavy atom. The van der Waals surface area contributed by atoms with Gasteiger partial charge < -0.3 is 5.84 Å². The van der Waals surface area contributed by atoms with Crippen molar-refractivity contribution < 1.29 is 8.78 Å². The van der Waals surface area contributed by atoms with Crippen LogP contribution in [0.1, 0.15) is 0 Å². The summed E-state index contributed by atoms with van der Waals surface area (Å²) in [7, 11) is 0. The second kappa shape index (κ2) is 2.17. The fourth-order valence-corrected chi connectivity index (χ4v) is 1.06. The van der Waals surface area contributed by atoms with Gasteiger partial charge in [-0.3, -0.25) is 0 Å². The van der Waals surface area contributed by atoms with Gasteiger partial charge in [0.1, 0.15) is 11.8 Å². The number of nitrogen functional groups attached to an aromatic ring is 1. The van der Waals surface area contributed by atoms with Gasteiger partial charge in [-0.1, -0.05) is 0 Å². The number of hydrogen-bond donors (Lipinski definition) is 1. The van der Waals surface area contributed by atoms with Gasteiger partial charge >= 0.3 is 0 Å². The van der Waals surface area contributed by atoms with Gasteiger partial charge in [0.05, 0.1) is 5.52 Å². The van der Waals surface area contributed by atoms with E-state index in [0.717, 1.165) is 10.7 Å². The largest absolute Gasteiger partial charge is 0.338 e. The van der Waals surface area contributed by atoms with Gasteiger partial charge in [-0.15, -0.1) is 0 Å². The Bertz CT molecular complexity index is 435. The highest BCUT2D eigenvalue weighted by Gasteiger charge is 2.10. The summed E-state index contributed by atoms with van der Waals surface area (Å²) >= 11 is 0. The molecule has 62 valence electrons. The molecule has 2 rings (SSSR count). The Morgan fingerprint density at radius 3 is 2.83 bits per heavy atom. The van der Waals surface area contributed by atoms with Crippen molar-refractivity contribution in [3.8, 4) is 0 Å². The Kier molecular flexibility index (Phi) is 1.27. The fourth-order valence-electron chi connectivity index (χ4n) is 1.06. The Labute approximate surface area is 66.4 Å². The van der Waals surface area contributed by atoms with Crippen molar-refractivity contribution in [2.24, 2.45) is 0 Å². The van der Waals surface area contributed by atoms with Crippen LogP contribution >= 0.6 is 0 Å². The van der Waals surface area contributed by atoms with Gasteiger partial charge in [-0.05, 0) is 12.1 Å². The Morgan fingerprint density at radius 2 is 2.08 bits per heavy atom. The van der Waals surface area contributed by atoms with Crippen LogP contribution in [0.3, 0.4) is 0 Å². The number of rotatable bonds is 0. The van der Waals surface area contributed by atoms with Crippen molar-refractivity contribution >= 4 is 11.0 Å². The van der Waals surface area contributed by atoms with E-state index in [2.05, 4.69) is 4.98 Å². The summed E-state index contributed by atoms with van der Waals surface area (Å²) in [4.78, 5) is 3.75. The van der Waals surface area contributed by atoms with Crippen molar-refractivity contribution in [3.63, 3.8) is 0 Å². The zero-order chi connectivity index (χ0) is 8.72. The van der Waals surface area contributed by atoms with Crippen LogP contribution < -0.4 is 5.84 Å². The molecule has 0 fully saturated rings. The van der Waals surface area contributed by atoms with Crippen LogP contribution in [0.15, 0.2) is 18.5 Å². The molecule has 2 N–H and O–H groups in total. The monoisotopic (exact) mass is 169 g/mol. The zero-order valence-corrected chi connectivity index (χ0v) is 5.96. The van der Waals surface area contributed by atoms with E-state index in [-0.39, 0.29) is 5.52 Å². The molecule has 0 saturated heterocycles. The SMILES string of the molecule is Nn1cnc2ccc(F)c(F)c21. The normalized spacial score (nSPS) is 10.8. The van der Waals surface area contributed by atoms with Gasteiger partial charge in [0.15, 0.2) is 11.6 Å². The zero-order valence-electron chi connectivity index (χ0n) is 5.96. The lowest BCUT2D eigenvalue weighted by Gasteiger charge is -1.96. The molecule has 0 bridgehead atoms. The average molecular weight is 169 g/mol. The van der Waals surface area contributed by atoms with Crippen LogP contribution in [0.4, 0.5) is 8.78 Å². The van der Waals surface area contributed by atoms with Crippen LogP contribution in [0, 0.1) is 11.6 Å². The first-order chi connectivity index (χ1) is 5.70. The number of aromatic nitrogens is 2. The summed E-state index contributed by atoms with van der Waals surface area (Å²) in [6, 6.07) is 2.39. The third-order valence-corrected chi connectivity index (χ3v) is 1.63. The summed E-state index contributed by atoms with van der Waals surface area (Å²) in [6.07, 6.45) is 1.23. The molecule has 1 aromatic carbocycles. The maximum absolute atomic E-state index is 13.0. The summed E-state index contributed by atoms with van der Waals surface area (Å²) in [5, 5.41) is 0. The number of nitrogens with zero attached hydrogens (tertiary/aromatic N) is 2. The maximum Gasteiger partial charge on any atom is 0.186 e. The quantitative estimate of drug-likeness (QED) is 0.598. The number of nitrogens with two attached hydrogens (primary N) is 1. The van der Waals surface area contributed by atoms with Gasteiger partial charge in [-0.2, -0.15) is 0 Å². The van der Waals surface area contributed by atoms with E-state index >= 15 is 0 Å². The lowest BCUT2D eigenvalue weighted by Crippen LogP contribution is -2.07. The highest BCUT2D eigenvalue weighted by molar-refractivity contribution is 5.75. The van der Waals surface area contributed by atoms with Crippen molar-refractivity contribution in [1.82, 2.24) is 9.66 Å². The van der Waals surface area contributed by atoms with Gasteiger partial charge in [-0.25, -0.2) is 18.4 Å². The van der Waals surface area contributed by atoms with E-state index in [4.69, 9.17) is 5.84 Å². The molecule has 2 aromatic rings. The number of imidazole rings is 1. The highest BCUT2D eigenvalue weighted by Crippen LogP contribution is 2.17. The van der Waals surface area contributed by atoms with E-state index in [9.17, 15) is 8.78 Å². The van der Waals surface area contributed by atoms with E-state index in [1.165, 1.54) is 12.4 Å². The minimum atomic E-state index is -0.965. The molecule has 12 heavy (non-hydrogen) atoms. The van der Waals surface area contributed by atoms with Crippen LogP contribution in [0.25, 0.3) is 11.0 Å². The molecule has 0 aliphatic rings. The minimum absolute atomic E-state index is 0.0185. The predicted octanol–water partition coefficient (Wildman–Crippen LogP) is 1.03. The molecule has 0 radical (unpaired) electrons. The summed E-state index contributed by atoms with van der Waals surface area (Å²) in [6.45, 7) is 0. The van der Waals surface area contributed by atoms with Crippen LogP contribution in [0.5, 0.6) is 0 Å². The first kappa shape index (κ1) is 7.02. The smallest absolute Gasteiger partial charge is 0.186 e. The second-order valence-corrected chi connectivity index (χ2v) is 2.38. The van der Waals surface area contributed by atoms with Gasteiger partial charge in [0.25, 0.3) is 0 Å². The van der Waals surface area contributed by atoms with E-state index < -0.39 is 11.6 Å². The third kappa shape index (κ3) is 0.761. The van der Waals surface area contributed by atoms with E-state index in [0.29, 0.717) is 5.52 Å². The average Bonchev–Trinajstić information content (AvgIpc) is 2.41. The number of halogens is 2. The topological polar surface area (TPSA) is 43.8 Å². The van der Waals surface area contributed by atoms with Crippen LogP contribution in [-0.2, 0) is 0 Å². The van der Waals surface area contributed by atoms with Crippen molar-refractivity contribution in [1.29, 1.82) is 0 Å². The summed E-state index contributed by atoms with van der Waals surface area (Å²) in [5.74, 6) is 3.41. The molecular weight excluding hydrogens is 164 g/mol. The Hall–Kier alpha value is -1.65. The number of benzene rings is 1. The Balaban J connectivity index is 2.96. The molecule has 1 aromatic heterocycles. The minimum Gasteiger partial charge on any atom is -0.338 e. The molecule has 0 aliphatic heterocycles. The van der Waals surface area contributed by atoms with Gasteiger partial charge in [0.2, 0.25) is 0 Å². The lowest BCUT2D eigenvalue weighted by molar-refractivity contribution is 0.514. The highest BCUT2D eigenvalue weighted by atomic mass is 19.2. The van der Waals surface area contributed by atoms with Crippen molar-refractivity contribution in [3.05, 3.63) is 30.1 Å². The van der Waals surface area contributed by atoms with Crippen molar-refractivity contribution in [2.75, 3.05) is 5.84 Å². The number of hydrogen-bond acceptors (Lipinski definition) is 2. The molecule has 0 unspecified atom stereocenters. The predicted molar refractivity (Wildman–Crippen MR) is 39.8 cm³/mol. The lowest BCUT2D eigenvalue weighted by atomic mass is 10.3. The molecule has 0 amide bonds. The van der Waals surface area contributed by atoms with Gasteiger partial charge in [0, 0.05) is 0 Å². The van der Waals surface area contributed by atoms with Crippen molar-refractivity contribution in [2.45, 2.75) is 0 Å². The molecule has 0 saturated carbocycles. The first-order valence-electron chi connectivity index (χ1n) is 3.26. The van der Waals surface area contributed by atoms with E-state index in [1.807, 2.05) is 0 Å². The molecule has 3 nitrogen and oxygen atoms in total. The third-order valence-electron chi connectivity index (χ3n) is 1.63. The standard InChI is InChI=1S/C7H5F2N3/c8-4-1-2-5-7(6(4)9)12(10)3-11-5/h1-3H,10H2. The molecule has 5 heteroatoms. The molecule has 0 atom stereocenters. The summed E-state index contributed by atoms with van der Waals surface area (Å²) in [5.41, 5.74) is 0.325. The molecule has 0 spiro atoms. The van der Waals surface area contributed by atoms with Crippen LogP contribution in [-0.4, -0.2) is 9.66 Å². The molecule has 0 aliphatic carbocycles. The molecule has 1 heterocycles. The first-order valence-corrected chi connectivity index (χ1v) is 3.26.